The molecule has 29 heavy (non-hydrogen) atoms. The van der Waals surface area contributed by atoms with E-state index in [0.29, 0.717) is 0 Å². The van der Waals surface area contributed by atoms with Crippen LogP contribution in [0.2, 0.25) is 0 Å². The molecule has 1 N–H and O–H groups in total. The Hall–Kier alpha value is -2.94. The summed E-state index contributed by atoms with van der Waals surface area (Å²) >= 11 is 10.7. The molecule has 0 unspecified atom stereocenters. The quantitative estimate of drug-likeness (QED) is 0.507. The molecule has 1 aromatic carbocycles. The van der Waals surface area contributed by atoms with Crippen molar-refractivity contribution >= 4 is 41.1 Å². The summed E-state index contributed by atoms with van der Waals surface area (Å²) in [5.41, 5.74) is 5.23. The summed E-state index contributed by atoms with van der Waals surface area (Å²) < 4.78 is 0. The molecule has 1 aliphatic carbocycles. The minimum absolute atomic E-state index is 0.260. The van der Waals surface area contributed by atoms with Crippen molar-refractivity contribution in [2.24, 2.45) is 0 Å². The monoisotopic (exact) mass is 430 g/mol. The van der Waals surface area contributed by atoms with Crippen LogP contribution in [-0.4, -0.2) is 22.8 Å². The van der Waals surface area contributed by atoms with E-state index in [1.54, 1.807) is 0 Å². The molecule has 0 bridgehead atoms. The molecular formula is C22H20Cl2N2O3. The highest BCUT2D eigenvalue weighted by Crippen LogP contribution is 2.23. The predicted molar refractivity (Wildman–Crippen MR) is 114 cm³/mol. The van der Waals surface area contributed by atoms with Gasteiger partial charge in [0, 0.05) is 23.5 Å². The number of aryl methyl sites for hydroxylation is 3. The largest absolute Gasteiger partial charge is 0.365 e. The number of Topliss-reactive ketones (excluding diaryl/α,β-unsaturated/α-hetero) is 1. The van der Waals surface area contributed by atoms with E-state index in [2.05, 4.69) is 18.0 Å². The van der Waals surface area contributed by atoms with Crippen molar-refractivity contribution in [3.05, 3.63) is 80.1 Å². The second-order valence-electron chi connectivity index (χ2n) is 6.25. The lowest BCUT2D eigenvalue weighted by atomic mass is 10.0. The van der Waals surface area contributed by atoms with Crippen LogP contribution >= 0.6 is 23.2 Å². The molecule has 0 fully saturated rings. The number of benzene rings is 1. The SMILES string of the molecule is Cc1c[nH]c(C)c1.Cc1cccc(C=O)c1C.N#CC1=C(Cl)C(=O)C(Cl)=CC1=O. The lowest BCUT2D eigenvalue weighted by Gasteiger charge is -2.04. The third-order valence-corrected chi connectivity index (χ3v) is 4.64. The number of nitrogens with one attached hydrogen (secondary N) is 1. The highest BCUT2D eigenvalue weighted by Gasteiger charge is 2.26. The number of allylic oxidation sites excluding steroid dienone is 4. The molecule has 3 rings (SSSR count). The van der Waals surface area contributed by atoms with Gasteiger partial charge in [-0.05, 0) is 50.5 Å². The maximum absolute atomic E-state index is 10.9. The van der Waals surface area contributed by atoms with E-state index in [9.17, 15) is 14.4 Å². The fourth-order valence-electron chi connectivity index (χ4n) is 2.24. The molecule has 1 heterocycles. The Morgan fingerprint density at radius 2 is 1.76 bits per heavy atom. The van der Waals surface area contributed by atoms with Gasteiger partial charge in [0.05, 0.1) is 5.03 Å². The summed E-state index contributed by atoms with van der Waals surface area (Å²) in [6.45, 7) is 8.08. The van der Waals surface area contributed by atoms with Gasteiger partial charge in [-0.15, -0.1) is 0 Å². The third kappa shape index (κ3) is 6.86. The lowest BCUT2D eigenvalue weighted by molar-refractivity contribution is -0.114. The minimum Gasteiger partial charge on any atom is -0.365 e. The second-order valence-corrected chi connectivity index (χ2v) is 7.04. The number of H-pyrrole nitrogens is 1. The molecule has 150 valence electrons. The van der Waals surface area contributed by atoms with Gasteiger partial charge >= 0.3 is 0 Å². The summed E-state index contributed by atoms with van der Waals surface area (Å²) in [7, 11) is 0. The average molecular weight is 431 g/mol. The zero-order chi connectivity index (χ0) is 22.1. The van der Waals surface area contributed by atoms with Gasteiger partial charge in [0.1, 0.15) is 23.0 Å². The first-order valence-electron chi connectivity index (χ1n) is 8.51. The fraction of sp³-hybridized carbons (Fsp3) is 0.182. The number of carbonyl (C=O) groups is 3. The summed E-state index contributed by atoms with van der Waals surface area (Å²) in [5.74, 6) is -1.32. The van der Waals surface area contributed by atoms with Gasteiger partial charge in [-0.3, -0.25) is 14.4 Å². The van der Waals surface area contributed by atoms with Crippen LogP contribution in [0, 0.1) is 39.0 Å². The molecule has 1 aliphatic rings. The van der Waals surface area contributed by atoms with Crippen LogP contribution in [0.3, 0.4) is 0 Å². The van der Waals surface area contributed by atoms with Crippen molar-refractivity contribution in [1.29, 1.82) is 5.26 Å². The molecule has 5 nitrogen and oxygen atoms in total. The van der Waals surface area contributed by atoms with Crippen LogP contribution in [0.4, 0.5) is 0 Å². The standard InChI is InChI=1S/C9H10O.C7HCl2NO2.C6H9N/c1-7-4-3-5-9(6-10)8(7)2;8-4-1-5(11)3(2-10)6(9)7(4)12;1-5-3-6(2)7-4-5/h3-6H,1-2H3;1H;3-4,7H,1-2H3. The van der Waals surface area contributed by atoms with Crippen LogP contribution in [0.1, 0.15) is 32.7 Å². The predicted octanol–water partition coefficient (Wildman–Crippen LogP) is 5.02. The minimum atomic E-state index is -0.686. The number of rotatable bonds is 1. The number of aromatic nitrogens is 1. The molecular weight excluding hydrogens is 411 g/mol. The Kier molecular flexibility index (Phi) is 9.27. The number of hydrogen-bond acceptors (Lipinski definition) is 4. The molecule has 0 atom stereocenters. The van der Waals surface area contributed by atoms with Crippen LogP contribution in [0.25, 0.3) is 0 Å². The molecule has 0 saturated carbocycles. The van der Waals surface area contributed by atoms with E-state index in [0.717, 1.165) is 23.5 Å². The maximum atomic E-state index is 10.9. The van der Waals surface area contributed by atoms with Crippen molar-refractivity contribution in [2.75, 3.05) is 0 Å². The lowest BCUT2D eigenvalue weighted by Crippen LogP contribution is -2.13. The molecule has 0 spiro atoms. The van der Waals surface area contributed by atoms with Gasteiger partial charge in [0.15, 0.2) is 5.78 Å². The molecule has 0 amide bonds. The average Bonchev–Trinajstić information content (AvgIpc) is 3.06. The first-order valence-corrected chi connectivity index (χ1v) is 9.27. The Morgan fingerprint density at radius 1 is 1.10 bits per heavy atom. The van der Waals surface area contributed by atoms with Crippen molar-refractivity contribution in [2.45, 2.75) is 27.7 Å². The van der Waals surface area contributed by atoms with Crippen LogP contribution in [-0.2, 0) is 9.59 Å². The van der Waals surface area contributed by atoms with E-state index in [4.69, 9.17) is 28.5 Å². The van der Waals surface area contributed by atoms with Gasteiger partial charge in [0.25, 0.3) is 0 Å². The molecule has 0 saturated heterocycles. The number of nitriles is 1. The van der Waals surface area contributed by atoms with Gasteiger partial charge in [-0.25, -0.2) is 0 Å². The maximum Gasteiger partial charge on any atom is 0.217 e. The number of aldehydes is 1. The smallest absolute Gasteiger partial charge is 0.217 e. The van der Waals surface area contributed by atoms with Crippen molar-refractivity contribution in [3.63, 3.8) is 0 Å². The van der Waals surface area contributed by atoms with Crippen LogP contribution in [0.15, 0.2) is 52.2 Å². The molecule has 7 heteroatoms. The van der Waals surface area contributed by atoms with E-state index >= 15 is 0 Å². The number of aromatic amines is 1. The van der Waals surface area contributed by atoms with Crippen molar-refractivity contribution < 1.29 is 14.4 Å². The van der Waals surface area contributed by atoms with Crippen molar-refractivity contribution in [3.8, 4) is 6.07 Å². The Morgan fingerprint density at radius 3 is 2.17 bits per heavy atom. The molecule has 0 aliphatic heterocycles. The number of carbonyl (C=O) groups excluding carboxylic acids is 3. The Balaban J connectivity index is 0.000000225. The van der Waals surface area contributed by atoms with Crippen molar-refractivity contribution in [1.82, 2.24) is 4.98 Å². The van der Waals surface area contributed by atoms with E-state index in [1.165, 1.54) is 22.9 Å². The normalized spacial score (nSPS) is 12.8. The first kappa shape index (κ1) is 24.1. The second kappa shape index (κ2) is 11.2. The van der Waals surface area contributed by atoms with Gasteiger partial charge in [-0.1, -0.05) is 41.4 Å². The number of ketones is 2. The zero-order valence-corrected chi connectivity index (χ0v) is 18.0. The molecule has 2 aromatic rings. The highest BCUT2D eigenvalue weighted by atomic mass is 35.5. The van der Waals surface area contributed by atoms with E-state index in [-0.39, 0.29) is 10.6 Å². The summed E-state index contributed by atoms with van der Waals surface area (Å²) in [6, 6.07) is 9.37. The summed E-state index contributed by atoms with van der Waals surface area (Å²) in [4.78, 5) is 35.3. The Labute approximate surface area is 179 Å². The van der Waals surface area contributed by atoms with Gasteiger partial charge < -0.3 is 4.98 Å². The van der Waals surface area contributed by atoms with Gasteiger partial charge in [0.2, 0.25) is 5.78 Å². The van der Waals surface area contributed by atoms with E-state index in [1.807, 2.05) is 45.2 Å². The molecule has 1 aromatic heterocycles. The summed E-state index contributed by atoms with van der Waals surface area (Å²) in [6.07, 6.45) is 3.77. The molecule has 0 radical (unpaired) electrons. The highest BCUT2D eigenvalue weighted by molar-refractivity contribution is 6.58. The fourth-order valence-corrected chi connectivity index (χ4v) is 2.72. The number of nitrogens with zero attached hydrogens (tertiary/aromatic N) is 1. The van der Waals surface area contributed by atoms with E-state index < -0.39 is 16.6 Å². The topological polar surface area (TPSA) is 90.8 Å². The third-order valence-electron chi connectivity index (χ3n) is 4.00. The Bertz CT molecular complexity index is 1020. The van der Waals surface area contributed by atoms with Gasteiger partial charge in [-0.2, -0.15) is 5.26 Å². The summed E-state index contributed by atoms with van der Waals surface area (Å²) in [5, 5.41) is 7.73. The number of halogens is 2. The number of hydrogen-bond donors (Lipinski definition) is 1. The first-order chi connectivity index (χ1) is 13.6. The van der Waals surface area contributed by atoms with Crippen LogP contribution in [0.5, 0.6) is 0 Å². The zero-order valence-electron chi connectivity index (χ0n) is 16.5. The van der Waals surface area contributed by atoms with Crippen LogP contribution < -0.4 is 0 Å².